The molecular weight excluding hydrogens is 272 g/mol. The minimum atomic E-state index is -0.740. The van der Waals surface area contributed by atoms with Crippen molar-refractivity contribution in [3.05, 3.63) is 34.9 Å². The number of aliphatic carboxylic acids is 1. The van der Waals surface area contributed by atoms with E-state index in [0.717, 1.165) is 32.1 Å². The van der Waals surface area contributed by atoms with E-state index in [-0.39, 0.29) is 5.41 Å². The van der Waals surface area contributed by atoms with E-state index in [9.17, 15) is 9.90 Å². The van der Waals surface area contributed by atoms with Crippen molar-refractivity contribution in [1.82, 2.24) is 0 Å². The summed E-state index contributed by atoms with van der Waals surface area (Å²) in [5.74, 6) is 0.326. The van der Waals surface area contributed by atoms with Crippen molar-refractivity contribution in [1.29, 1.82) is 0 Å². The van der Waals surface area contributed by atoms with E-state index in [1.807, 2.05) is 6.08 Å². The van der Waals surface area contributed by atoms with E-state index in [2.05, 4.69) is 39.8 Å². The molecule has 0 saturated carbocycles. The summed E-state index contributed by atoms with van der Waals surface area (Å²) in [6.07, 6.45) is 12.5. The highest BCUT2D eigenvalue weighted by atomic mass is 16.4. The third-order valence-corrected chi connectivity index (χ3v) is 5.54. The number of carboxylic acids is 1. The molecule has 122 valence electrons. The topological polar surface area (TPSA) is 37.3 Å². The fourth-order valence-electron chi connectivity index (χ4n) is 4.00. The highest BCUT2D eigenvalue weighted by Gasteiger charge is 2.40. The van der Waals surface area contributed by atoms with Crippen LogP contribution in [0, 0.1) is 17.3 Å². The maximum absolute atomic E-state index is 11.5. The van der Waals surface area contributed by atoms with Gasteiger partial charge < -0.3 is 5.11 Å². The Balaban J connectivity index is 2.31. The van der Waals surface area contributed by atoms with Crippen molar-refractivity contribution in [2.24, 2.45) is 17.3 Å². The van der Waals surface area contributed by atoms with Gasteiger partial charge in [-0.2, -0.15) is 0 Å². The van der Waals surface area contributed by atoms with Crippen LogP contribution in [0.25, 0.3) is 0 Å². The Bertz CT molecular complexity index is 522. The maximum atomic E-state index is 11.5. The van der Waals surface area contributed by atoms with E-state index in [4.69, 9.17) is 0 Å². The van der Waals surface area contributed by atoms with Crippen LogP contribution in [0.3, 0.4) is 0 Å². The monoisotopic (exact) mass is 302 g/mol. The lowest BCUT2D eigenvalue weighted by molar-refractivity contribution is -0.132. The zero-order valence-corrected chi connectivity index (χ0v) is 14.5. The van der Waals surface area contributed by atoms with Crippen molar-refractivity contribution in [2.45, 2.75) is 66.2 Å². The van der Waals surface area contributed by atoms with Crippen molar-refractivity contribution < 1.29 is 9.90 Å². The second kappa shape index (κ2) is 6.85. The Morgan fingerprint density at radius 1 is 1.23 bits per heavy atom. The molecule has 0 amide bonds. The molecule has 2 atom stereocenters. The molecule has 0 heterocycles. The minimum Gasteiger partial charge on any atom is -0.478 e. The molecule has 0 aliphatic heterocycles. The first kappa shape index (κ1) is 17.1. The molecule has 0 aromatic carbocycles. The van der Waals surface area contributed by atoms with E-state index in [1.165, 1.54) is 11.1 Å². The number of carbonyl (C=O) groups is 1. The largest absolute Gasteiger partial charge is 0.478 e. The molecule has 0 aromatic rings. The summed E-state index contributed by atoms with van der Waals surface area (Å²) in [5, 5.41) is 9.44. The van der Waals surface area contributed by atoms with Gasteiger partial charge in [-0.15, -0.1) is 0 Å². The van der Waals surface area contributed by atoms with Gasteiger partial charge in [-0.3, -0.25) is 0 Å². The zero-order valence-electron chi connectivity index (χ0n) is 14.5. The smallest absolute Gasteiger partial charge is 0.331 e. The lowest BCUT2D eigenvalue weighted by atomic mass is 9.70. The predicted molar refractivity (Wildman–Crippen MR) is 91.7 cm³/mol. The molecule has 2 nitrogen and oxygen atoms in total. The molecule has 0 spiro atoms. The molecular formula is C20H30O2. The Morgan fingerprint density at radius 2 is 1.91 bits per heavy atom. The van der Waals surface area contributed by atoms with Gasteiger partial charge >= 0.3 is 5.97 Å². The third-order valence-electron chi connectivity index (χ3n) is 5.54. The lowest BCUT2D eigenvalue weighted by Crippen LogP contribution is -2.25. The molecule has 0 radical (unpaired) electrons. The van der Waals surface area contributed by atoms with Crippen LogP contribution >= 0.6 is 0 Å². The maximum Gasteiger partial charge on any atom is 0.331 e. The van der Waals surface area contributed by atoms with E-state index >= 15 is 0 Å². The second-order valence-corrected chi connectivity index (χ2v) is 7.64. The number of hydrogen-bond acceptors (Lipinski definition) is 1. The van der Waals surface area contributed by atoms with E-state index < -0.39 is 5.97 Å². The highest BCUT2D eigenvalue weighted by molar-refractivity contribution is 5.86. The summed E-state index contributed by atoms with van der Waals surface area (Å²) >= 11 is 0. The van der Waals surface area contributed by atoms with Crippen LogP contribution in [-0.4, -0.2) is 11.1 Å². The summed E-state index contributed by atoms with van der Waals surface area (Å²) in [5.41, 5.74) is 3.79. The average molecular weight is 302 g/mol. The van der Waals surface area contributed by atoms with Crippen molar-refractivity contribution in [3.8, 4) is 0 Å². The standard InChI is InChI=1S/C20H30O2/c1-14(2)17-11-13-20(4)12-10-15(3)6-5-7-16(19(21)22)8-9-18(17)20/h7,10-11,14,18H,5-6,8-9,12-13H2,1-4H3,(H,21,22)/b15-10+,16-7+/t18-,20-/m1/s1. The fourth-order valence-corrected chi connectivity index (χ4v) is 4.00. The van der Waals surface area contributed by atoms with E-state index in [1.54, 1.807) is 0 Å². The van der Waals surface area contributed by atoms with Gasteiger partial charge in [0.05, 0.1) is 0 Å². The molecule has 0 unspecified atom stereocenters. The third kappa shape index (κ3) is 3.71. The molecule has 2 rings (SSSR count). The summed E-state index contributed by atoms with van der Waals surface area (Å²) in [6, 6.07) is 0. The number of rotatable bonds is 2. The van der Waals surface area contributed by atoms with Crippen molar-refractivity contribution in [3.63, 3.8) is 0 Å². The number of allylic oxidation sites excluding steroid dienone is 5. The molecule has 0 aromatic heterocycles. The SMILES string of the molecule is C/C1=C\C[C@]2(C)CC=C(C(C)C)[C@H]2CC/C(C(=O)O)=C\CC1. The molecule has 0 fully saturated rings. The van der Waals surface area contributed by atoms with Crippen LogP contribution in [-0.2, 0) is 4.79 Å². The van der Waals surface area contributed by atoms with Crippen molar-refractivity contribution in [2.75, 3.05) is 0 Å². The molecule has 0 bridgehead atoms. The number of fused-ring (bicyclic) bond motifs is 1. The van der Waals surface area contributed by atoms with E-state index in [0.29, 0.717) is 23.8 Å². The normalized spacial score (nSPS) is 34.8. The number of carboxylic acid groups (broad SMARTS) is 1. The van der Waals surface area contributed by atoms with Gasteiger partial charge in [0.1, 0.15) is 0 Å². The summed E-state index contributed by atoms with van der Waals surface area (Å²) < 4.78 is 0. The summed E-state index contributed by atoms with van der Waals surface area (Å²) in [6.45, 7) is 9.08. The molecule has 2 aliphatic rings. The Kier molecular flexibility index (Phi) is 5.31. The highest BCUT2D eigenvalue weighted by Crippen LogP contribution is 2.50. The van der Waals surface area contributed by atoms with Crippen LogP contribution in [0.15, 0.2) is 34.9 Å². The van der Waals surface area contributed by atoms with Crippen LogP contribution in [0.2, 0.25) is 0 Å². The van der Waals surface area contributed by atoms with Gasteiger partial charge in [0.2, 0.25) is 0 Å². The van der Waals surface area contributed by atoms with Crippen LogP contribution < -0.4 is 0 Å². The Labute approximate surface area is 135 Å². The van der Waals surface area contributed by atoms with Crippen molar-refractivity contribution >= 4 is 5.97 Å². The Morgan fingerprint density at radius 3 is 2.55 bits per heavy atom. The van der Waals surface area contributed by atoms with Crippen LogP contribution in [0.5, 0.6) is 0 Å². The van der Waals surface area contributed by atoms with Gasteiger partial charge in [0.25, 0.3) is 0 Å². The first-order valence-electron chi connectivity index (χ1n) is 8.61. The van der Waals surface area contributed by atoms with Crippen LogP contribution in [0.1, 0.15) is 66.2 Å². The van der Waals surface area contributed by atoms with Gasteiger partial charge in [-0.05, 0) is 62.7 Å². The Hall–Kier alpha value is -1.31. The first-order valence-corrected chi connectivity index (χ1v) is 8.61. The zero-order chi connectivity index (χ0) is 16.3. The number of hydrogen-bond donors (Lipinski definition) is 1. The molecule has 1 N–H and O–H groups in total. The quantitative estimate of drug-likeness (QED) is 0.682. The molecule has 2 heteroatoms. The fraction of sp³-hybridized carbons (Fsp3) is 0.650. The second-order valence-electron chi connectivity index (χ2n) is 7.64. The summed E-state index contributed by atoms with van der Waals surface area (Å²) in [7, 11) is 0. The average Bonchev–Trinajstić information content (AvgIpc) is 2.76. The molecule has 0 saturated heterocycles. The predicted octanol–water partition coefficient (Wildman–Crippen LogP) is 5.52. The first-order chi connectivity index (χ1) is 10.3. The summed E-state index contributed by atoms with van der Waals surface area (Å²) in [4.78, 5) is 11.5. The van der Waals surface area contributed by atoms with Gasteiger partial charge in [0.15, 0.2) is 0 Å². The minimum absolute atomic E-state index is 0.259. The van der Waals surface area contributed by atoms with Gasteiger partial charge in [0, 0.05) is 5.57 Å². The van der Waals surface area contributed by atoms with Gasteiger partial charge in [-0.25, -0.2) is 4.79 Å². The van der Waals surface area contributed by atoms with Crippen LogP contribution in [0.4, 0.5) is 0 Å². The molecule has 22 heavy (non-hydrogen) atoms. The van der Waals surface area contributed by atoms with Gasteiger partial charge in [-0.1, -0.05) is 50.1 Å². The lowest BCUT2D eigenvalue weighted by Gasteiger charge is -2.34. The molecule has 2 aliphatic carbocycles.